The third-order valence-electron chi connectivity index (χ3n) is 3.07. The summed E-state index contributed by atoms with van der Waals surface area (Å²) in [5, 5.41) is 8.92. The van der Waals surface area contributed by atoms with Gasteiger partial charge >= 0.3 is 0 Å². The Bertz CT molecular complexity index is 367. The molecular weight excluding hydrogens is 202 g/mol. The molecule has 1 aliphatic rings. The molecule has 1 aromatic heterocycles. The summed E-state index contributed by atoms with van der Waals surface area (Å²) in [7, 11) is 2.14. The lowest BCUT2D eigenvalue weighted by molar-refractivity contribution is 0.296. The number of aliphatic hydroxyl groups excluding tert-OH is 1. The fourth-order valence-electron chi connectivity index (χ4n) is 2.25. The number of rotatable bonds is 3. The van der Waals surface area contributed by atoms with E-state index < -0.39 is 0 Å². The lowest BCUT2D eigenvalue weighted by atomic mass is 10.0. The van der Waals surface area contributed by atoms with Gasteiger partial charge in [-0.05, 0) is 33.0 Å². The highest BCUT2D eigenvalue weighted by Gasteiger charge is 2.22. The van der Waals surface area contributed by atoms with Gasteiger partial charge in [0.05, 0.1) is 6.61 Å². The van der Waals surface area contributed by atoms with Gasteiger partial charge in [-0.25, -0.2) is 9.97 Å². The van der Waals surface area contributed by atoms with Crippen LogP contribution in [0, 0.1) is 6.92 Å². The normalized spacial score (nSPS) is 21.6. The first-order valence-electron chi connectivity index (χ1n) is 5.83. The number of hydrogen-bond donors (Lipinski definition) is 1. The Kier molecular flexibility index (Phi) is 3.51. The van der Waals surface area contributed by atoms with E-state index >= 15 is 0 Å². The molecule has 1 fully saturated rings. The maximum Gasteiger partial charge on any atom is 0.131 e. The zero-order valence-corrected chi connectivity index (χ0v) is 9.98. The number of likely N-dealkylation sites (N-methyl/N-ethyl adjacent to an activating group) is 1. The van der Waals surface area contributed by atoms with Crippen molar-refractivity contribution in [3.63, 3.8) is 0 Å². The summed E-state index contributed by atoms with van der Waals surface area (Å²) in [6.45, 7) is 4.33. The average molecular weight is 221 g/mol. The average Bonchev–Trinajstić information content (AvgIpc) is 2.64. The van der Waals surface area contributed by atoms with Crippen LogP contribution in [0.4, 0.5) is 0 Å². The Morgan fingerprint density at radius 1 is 1.50 bits per heavy atom. The molecule has 1 unspecified atom stereocenters. The first-order chi connectivity index (χ1) is 7.69. The second-order valence-electron chi connectivity index (χ2n) is 4.57. The van der Waals surface area contributed by atoms with Gasteiger partial charge in [0.25, 0.3) is 0 Å². The van der Waals surface area contributed by atoms with Crippen LogP contribution < -0.4 is 0 Å². The van der Waals surface area contributed by atoms with Crippen molar-refractivity contribution in [1.82, 2.24) is 14.9 Å². The van der Waals surface area contributed by atoms with Crippen molar-refractivity contribution in [2.75, 3.05) is 26.7 Å². The van der Waals surface area contributed by atoms with Crippen molar-refractivity contribution < 1.29 is 5.11 Å². The van der Waals surface area contributed by atoms with E-state index in [0.717, 1.165) is 30.3 Å². The number of aryl methyl sites for hydroxylation is 1. The van der Waals surface area contributed by atoms with E-state index in [0.29, 0.717) is 12.3 Å². The van der Waals surface area contributed by atoms with Crippen molar-refractivity contribution >= 4 is 0 Å². The van der Waals surface area contributed by atoms with Crippen LogP contribution in [-0.2, 0) is 6.42 Å². The number of hydrogen-bond acceptors (Lipinski definition) is 4. The number of aromatic nitrogens is 2. The van der Waals surface area contributed by atoms with Crippen LogP contribution in [0.5, 0.6) is 0 Å². The lowest BCUT2D eigenvalue weighted by Gasteiger charge is -2.11. The van der Waals surface area contributed by atoms with Gasteiger partial charge < -0.3 is 10.0 Å². The first-order valence-corrected chi connectivity index (χ1v) is 5.83. The van der Waals surface area contributed by atoms with Crippen molar-refractivity contribution in [3.05, 3.63) is 23.3 Å². The van der Waals surface area contributed by atoms with E-state index in [-0.39, 0.29) is 6.61 Å². The van der Waals surface area contributed by atoms with Crippen LogP contribution in [0.1, 0.15) is 29.6 Å². The molecule has 0 amide bonds. The smallest absolute Gasteiger partial charge is 0.131 e. The number of nitrogens with zero attached hydrogens (tertiary/aromatic N) is 3. The molecule has 0 radical (unpaired) electrons. The molecule has 1 atom stereocenters. The highest BCUT2D eigenvalue weighted by Crippen LogP contribution is 2.25. The molecular formula is C12H19N3O. The molecule has 4 nitrogen and oxygen atoms in total. The molecule has 4 heteroatoms. The van der Waals surface area contributed by atoms with Gasteiger partial charge in [-0.3, -0.25) is 0 Å². The van der Waals surface area contributed by atoms with Gasteiger partial charge in [-0.2, -0.15) is 0 Å². The number of likely N-dealkylation sites (tertiary alicyclic amines) is 1. The van der Waals surface area contributed by atoms with Crippen LogP contribution >= 0.6 is 0 Å². The van der Waals surface area contributed by atoms with E-state index in [1.807, 2.05) is 6.92 Å². The van der Waals surface area contributed by atoms with Crippen molar-refractivity contribution in [3.8, 4) is 0 Å². The molecule has 2 heterocycles. The monoisotopic (exact) mass is 221 g/mol. The lowest BCUT2D eigenvalue weighted by Crippen LogP contribution is -2.14. The quantitative estimate of drug-likeness (QED) is 0.818. The fourth-order valence-corrected chi connectivity index (χ4v) is 2.25. The topological polar surface area (TPSA) is 49.2 Å². The van der Waals surface area contributed by atoms with Crippen LogP contribution in [0.3, 0.4) is 0 Å². The molecule has 1 aromatic rings. The SMILES string of the molecule is Cc1cc(C2CCN(C)C2)nc(CCO)n1. The molecule has 16 heavy (non-hydrogen) atoms. The number of aliphatic hydroxyl groups is 1. The predicted molar refractivity (Wildman–Crippen MR) is 62.4 cm³/mol. The van der Waals surface area contributed by atoms with Gasteiger partial charge in [-0.15, -0.1) is 0 Å². The van der Waals surface area contributed by atoms with E-state index in [1.165, 1.54) is 6.42 Å². The minimum Gasteiger partial charge on any atom is -0.396 e. The van der Waals surface area contributed by atoms with E-state index in [1.54, 1.807) is 0 Å². The Labute approximate surface area is 96.3 Å². The molecule has 1 aliphatic heterocycles. The third-order valence-corrected chi connectivity index (χ3v) is 3.07. The molecule has 0 spiro atoms. The molecule has 0 aliphatic carbocycles. The van der Waals surface area contributed by atoms with Crippen LogP contribution in [0.2, 0.25) is 0 Å². The van der Waals surface area contributed by atoms with Crippen molar-refractivity contribution in [2.45, 2.75) is 25.7 Å². The van der Waals surface area contributed by atoms with Gasteiger partial charge in [-0.1, -0.05) is 0 Å². The largest absolute Gasteiger partial charge is 0.396 e. The second-order valence-corrected chi connectivity index (χ2v) is 4.57. The molecule has 0 saturated carbocycles. The summed E-state index contributed by atoms with van der Waals surface area (Å²) in [6.07, 6.45) is 1.72. The minimum atomic E-state index is 0.119. The van der Waals surface area contributed by atoms with Crippen molar-refractivity contribution in [1.29, 1.82) is 0 Å². The predicted octanol–water partition coefficient (Wildman–Crippen LogP) is 0.739. The standard InChI is InChI=1S/C12H19N3O/c1-9-7-11(10-3-5-15(2)8-10)14-12(13-9)4-6-16/h7,10,16H,3-6,8H2,1-2H3. The van der Waals surface area contributed by atoms with E-state index in [9.17, 15) is 0 Å². The summed E-state index contributed by atoms with van der Waals surface area (Å²) < 4.78 is 0. The Morgan fingerprint density at radius 2 is 2.31 bits per heavy atom. The Morgan fingerprint density at radius 3 is 2.94 bits per heavy atom. The molecule has 1 N–H and O–H groups in total. The maximum absolute atomic E-state index is 8.92. The summed E-state index contributed by atoms with van der Waals surface area (Å²) in [5.74, 6) is 1.30. The fraction of sp³-hybridized carbons (Fsp3) is 0.667. The van der Waals surface area contributed by atoms with Crippen LogP contribution in [0.25, 0.3) is 0 Å². The zero-order chi connectivity index (χ0) is 11.5. The Hall–Kier alpha value is -1.00. The Balaban J connectivity index is 2.20. The van der Waals surface area contributed by atoms with E-state index in [4.69, 9.17) is 5.11 Å². The highest BCUT2D eigenvalue weighted by atomic mass is 16.3. The van der Waals surface area contributed by atoms with E-state index in [2.05, 4.69) is 28.0 Å². The molecule has 88 valence electrons. The van der Waals surface area contributed by atoms with Crippen molar-refractivity contribution in [2.24, 2.45) is 0 Å². The van der Waals surface area contributed by atoms with Crippen LogP contribution in [0.15, 0.2) is 6.07 Å². The first kappa shape index (κ1) is 11.5. The molecule has 0 bridgehead atoms. The summed E-state index contributed by atoms with van der Waals surface area (Å²) in [5.41, 5.74) is 2.14. The summed E-state index contributed by atoms with van der Waals surface area (Å²) >= 11 is 0. The van der Waals surface area contributed by atoms with Gasteiger partial charge in [0, 0.05) is 30.3 Å². The zero-order valence-electron chi connectivity index (χ0n) is 9.98. The highest BCUT2D eigenvalue weighted by molar-refractivity contribution is 5.16. The molecule has 2 rings (SSSR count). The molecule has 1 saturated heterocycles. The third kappa shape index (κ3) is 2.57. The minimum absolute atomic E-state index is 0.119. The summed E-state index contributed by atoms with van der Waals surface area (Å²) in [6, 6.07) is 2.07. The van der Waals surface area contributed by atoms with Gasteiger partial charge in [0.2, 0.25) is 0 Å². The van der Waals surface area contributed by atoms with Crippen LogP contribution in [-0.4, -0.2) is 46.7 Å². The van der Waals surface area contributed by atoms with Gasteiger partial charge in [0.1, 0.15) is 5.82 Å². The maximum atomic E-state index is 8.92. The summed E-state index contributed by atoms with van der Waals surface area (Å²) in [4.78, 5) is 11.2. The second kappa shape index (κ2) is 4.89. The molecule has 0 aromatic carbocycles. The van der Waals surface area contributed by atoms with Gasteiger partial charge in [0.15, 0.2) is 0 Å².